The molecule has 3 amide bonds. The molecule has 2 N–H and O–H groups in total. The van der Waals surface area contributed by atoms with Crippen LogP contribution in [0.3, 0.4) is 0 Å². The van der Waals surface area contributed by atoms with E-state index in [-0.39, 0.29) is 24.1 Å². The molecular formula is C36H42ClN7O3. The van der Waals surface area contributed by atoms with Crippen LogP contribution < -0.4 is 5.32 Å². The number of carbonyl (C=O) groups is 3. The fraction of sp³-hybridized carbons (Fsp3) is 0.417. The second-order valence-electron chi connectivity index (χ2n) is 12.5. The first-order valence-electron chi connectivity index (χ1n) is 16.6. The summed E-state index contributed by atoms with van der Waals surface area (Å²) in [4.78, 5) is 52.7. The third-order valence-corrected chi connectivity index (χ3v) is 9.36. The largest absolute Gasteiger partial charge is 0.358 e. The average Bonchev–Trinajstić information content (AvgIpc) is 3.71. The average molecular weight is 656 g/mol. The molecule has 0 spiro atoms. The number of carbonyl (C=O) groups excluding carboxylic acids is 3. The van der Waals surface area contributed by atoms with Gasteiger partial charge in [0.05, 0.1) is 12.6 Å². The number of hydrogen-bond donors (Lipinski definition) is 2. The molecule has 11 heteroatoms. The summed E-state index contributed by atoms with van der Waals surface area (Å²) in [6.07, 6.45) is 4.64. The van der Waals surface area contributed by atoms with Gasteiger partial charge in [-0.2, -0.15) is 5.10 Å². The number of aromatic amines is 1. The second kappa shape index (κ2) is 15.0. The van der Waals surface area contributed by atoms with Crippen molar-refractivity contribution < 1.29 is 14.4 Å². The van der Waals surface area contributed by atoms with E-state index < -0.39 is 12.1 Å². The van der Waals surface area contributed by atoms with Crippen molar-refractivity contribution in [1.82, 2.24) is 34.9 Å². The predicted octanol–water partition coefficient (Wildman–Crippen LogP) is 5.27. The number of aryl methyl sites for hydroxylation is 2. The van der Waals surface area contributed by atoms with Gasteiger partial charge in [0.2, 0.25) is 17.7 Å². The van der Waals surface area contributed by atoms with Gasteiger partial charge in [-0.1, -0.05) is 54.1 Å². The van der Waals surface area contributed by atoms with Gasteiger partial charge in [-0.3, -0.25) is 14.4 Å². The quantitative estimate of drug-likeness (QED) is 0.294. The van der Waals surface area contributed by atoms with Crippen LogP contribution in [-0.4, -0.2) is 72.9 Å². The first-order chi connectivity index (χ1) is 22.8. The maximum absolute atomic E-state index is 13.8. The highest BCUT2D eigenvalue weighted by Gasteiger charge is 2.34. The molecule has 2 atom stereocenters. The van der Waals surface area contributed by atoms with Crippen molar-refractivity contribution in [2.24, 2.45) is 0 Å². The van der Waals surface area contributed by atoms with Gasteiger partial charge in [0.15, 0.2) is 0 Å². The van der Waals surface area contributed by atoms with Gasteiger partial charge in [-0.25, -0.2) is 9.67 Å². The van der Waals surface area contributed by atoms with Crippen LogP contribution in [0, 0.1) is 6.92 Å². The molecule has 0 saturated carbocycles. The summed E-state index contributed by atoms with van der Waals surface area (Å²) in [5, 5.41) is 8.63. The van der Waals surface area contributed by atoms with Gasteiger partial charge in [-0.05, 0) is 80.8 Å². The molecule has 246 valence electrons. The fourth-order valence-corrected chi connectivity index (χ4v) is 6.77. The van der Waals surface area contributed by atoms with Crippen molar-refractivity contribution in [3.63, 3.8) is 0 Å². The molecule has 2 aliphatic heterocycles. The van der Waals surface area contributed by atoms with Gasteiger partial charge < -0.3 is 20.1 Å². The van der Waals surface area contributed by atoms with Crippen molar-refractivity contribution in [1.29, 1.82) is 0 Å². The van der Waals surface area contributed by atoms with E-state index in [2.05, 4.69) is 10.3 Å². The zero-order valence-corrected chi connectivity index (χ0v) is 27.6. The Balaban J connectivity index is 1.22. The summed E-state index contributed by atoms with van der Waals surface area (Å²) >= 11 is 6.05. The fourth-order valence-electron chi connectivity index (χ4n) is 6.65. The highest BCUT2D eigenvalue weighted by atomic mass is 35.5. The molecule has 6 rings (SSSR count). The van der Waals surface area contributed by atoms with E-state index in [9.17, 15) is 14.4 Å². The zero-order chi connectivity index (χ0) is 32.8. The van der Waals surface area contributed by atoms with Crippen LogP contribution in [0.15, 0.2) is 66.7 Å². The smallest absolute Gasteiger partial charge is 0.243 e. The van der Waals surface area contributed by atoms with E-state index in [1.165, 1.54) is 0 Å². The van der Waals surface area contributed by atoms with Crippen molar-refractivity contribution in [3.05, 3.63) is 94.7 Å². The van der Waals surface area contributed by atoms with Crippen molar-refractivity contribution in [3.8, 4) is 11.3 Å². The van der Waals surface area contributed by atoms with Crippen LogP contribution in [0.25, 0.3) is 11.3 Å². The number of amides is 3. The Morgan fingerprint density at radius 1 is 0.936 bits per heavy atom. The Morgan fingerprint density at radius 3 is 2.55 bits per heavy atom. The highest BCUT2D eigenvalue weighted by molar-refractivity contribution is 6.30. The van der Waals surface area contributed by atoms with Gasteiger partial charge in [-0.15, -0.1) is 0 Å². The number of halogens is 1. The number of aromatic nitrogens is 4. The maximum Gasteiger partial charge on any atom is 0.243 e. The standard InChI is InChI=1S/C36H42ClN7O3/c1-25-38-35-31(24-26-8-3-2-4-9-26)40-36(47)32-10-5-6-21-43(32)34(46)11-7-20-42(22-23-44(35)41-25)33(45)19-17-29-16-18-30(39-29)27-12-14-28(37)15-13-27/h2-4,8-9,12-16,18,31-32,39H,5-7,10-11,17,19-24H2,1H3,(H,40,47)/t31-,32+/m1/s1. The van der Waals surface area contributed by atoms with Crippen LogP contribution in [0.2, 0.25) is 5.02 Å². The number of hydrogen-bond acceptors (Lipinski definition) is 5. The summed E-state index contributed by atoms with van der Waals surface area (Å²) in [5.74, 6) is 1.10. The molecule has 0 unspecified atom stereocenters. The lowest BCUT2D eigenvalue weighted by Gasteiger charge is -2.36. The minimum Gasteiger partial charge on any atom is -0.358 e. The molecule has 0 bridgehead atoms. The number of nitrogens with one attached hydrogen (secondary N) is 2. The summed E-state index contributed by atoms with van der Waals surface area (Å²) in [6.45, 7) is 3.70. The molecule has 0 radical (unpaired) electrons. The van der Waals surface area contributed by atoms with Crippen molar-refractivity contribution in [2.45, 2.75) is 76.9 Å². The number of piperidine rings is 1. The SMILES string of the molecule is Cc1nc2n(n1)CCN(C(=O)CCc1ccc(-c3ccc(Cl)cc3)[nH]1)CCCC(=O)N1CCCC[C@H]1C(=O)N[C@@H]2Cc1ccccc1. The third kappa shape index (κ3) is 8.11. The van der Waals surface area contributed by atoms with Crippen molar-refractivity contribution >= 4 is 29.3 Å². The Morgan fingerprint density at radius 2 is 1.74 bits per heavy atom. The molecule has 2 aromatic carbocycles. The Kier molecular flexibility index (Phi) is 10.4. The first kappa shape index (κ1) is 32.5. The summed E-state index contributed by atoms with van der Waals surface area (Å²) in [5.41, 5.74) is 4.04. The number of rotatable bonds is 6. The molecule has 1 fully saturated rings. The molecule has 2 aliphatic rings. The summed E-state index contributed by atoms with van der Waals surface area (Å²) in [6, 6.07) is 20.7. The minimum absolute atomic E-state index is 0.0237. The van der Waals surface area contributed by atoms with E-state index in [0.29, 0.717) is 75.0 Å². The molecular weight excluding hydrogens is 614 g/mol. The van der Waals surface area contributed by atoms with E-state index in [1.807, 2.05) is 83.2 Å². The molecule has 0 aliphatic carbocycles. The van der Waals surface area contributed by atoms with E-state index in [4.69, 9.17) is 21.7 Å². The molecule has 47 heavy (non-hydrogen) atoms. The number of H-pyrrole nitrogens is 1. The second-order valence-corrected chi connectivity index (χ2v) is 12.9. The van der Waals surface area contributed by atoms with Gasteiger partial charge >= 0.3 is 0 Å². The van der Waals surface area contributed by atoms with E-state index in [0.717, 1.165) is 35.4 Å². The lowest BCUT2D eigenvalue weighted by atomic mass is 9.99. The highest BCUT2D eigenvalue weighted by Crippen LogP contribution is 2.24. The Bertz CT molecular complexity index is 1680. The van der Waals surface area contributed by atoms with Gasteiger partial charge in [0.25, 0.3) is 0 Å². The van der Waals surface area contributed by atoms with E-state index >= 15 is 0 Å². The lowest BCUT2D eigenvalue weighted by Crippen LogP contribution is -2.53. The number of nitrogens with zero attached hydrogens (tertiary/aromatic N) is 5. The topological polar surface area (TPSA) is 116 Å². The number of fused-ring (bicyclic) bond motifs is 2. The predicted molar refractivity (Wildman–Crippen MR) is 181 cm³/mol. The van der Waals surface area contributed by atoms with Crippen LogP contribution in [0.4, 0.5) is 0 Å². The van der Waals surface area contributed by atoms with Gasteiger partial charge in [0, 0.05) is 48.9 Å². The first-order valence-corrected chi connectivity index (χ1v) is 17.0. The molecule has 10 nitrogen and oxygen atoms in total. The van der Waals surface area contributed by atoms with Crippen molar-refractivity contribution in [2.75, 3.05) is 19.6 Å². The molecule has 4 aromatic rings. The number of benzene rings is 2. The van der Waals surface area contributed by atoms with E-state index in [1.54, 1.807) is 4.90 Å². The maximum atomic E-state index is 13.8. The van der Waals surface area contributed by atoms with Gasteiger partial charge in [0.1, 0.15) is 17.7 Å². The lowest BCUT2D eigenvalue weighted by molar-refractivity contribution is -0.143. The monoisotopic (exact) mass is 655 g/mol. The van der Waals surface area contributed by atoms with Crippen LogP contribution >= 0.6 is 11.6 Å². The normalized spacial score (nSPS) is 19.4. The van der Waals surface area contributed by atoms with Crippen LogP contribution in [0.1, 0.15) is 67.5 Å². The van der Waals surface area contributed by atoms with Crippen LogP contribution in [0.5, 0.6) is 0 Å². The van der Waals surface area contributed by atoms with Crippen LogP contribution in [-0.2, 0) is 33.8 Å². The zero-order valence-electron chi connectivity index (χ0n) is 26.8. The third-order valence-electron chi connectivity index (χ3n) is 9.11. The summed E-state index contributed by atoms with van der Waals surface area (Å²) < 4.78 is 1.84. The molecule has 2 aromatic heterocycles. The Hall–Kier alpha value is -4.44. The Labute approximate surface area is 280 Å². The minimum atomic E-state index is -0.522. The molecule has 4 heterocycles. The summed E-state index contributed by atoms with van der Waals surface area (Å²) in [7, 11) is 0. The molecule has 1 saturated heterocycles.